The zero-order valence-electron chi connectivity index (χ0n) is 27.8. The molecule has 0 bridgehead atoms. The number of hydrogen-bond donors (Lipinski definition) is 0. The van der Waals surface area contributed by atoms with Crippen LogP contribution >= 0.6 is 18.9 Å². The molecule has 5 nitrogen and oxygen atoms in total. The highest BCUT2D eigenvalue weighted by molar-refractivity contribution is 8.02. The van der Waals surface area contributed by atoms with Crippen LogP contribution in [0.3, 0.4) is 0 Å². The van der Waals surface area contributed by atoms with E-state index in [4.69, 9.17) is 15.0 Å². The standard InChI is InChI=1S/C45H29N4OPS/c50-51(34-21-11-4-12-22-34)39-23-13-14-24-41(39)52-42-29-38-36(28-40(42)51)35-27-32(25-26-37(35)49(38)33-19-9-3-10-20-33)45-47-43(30-15-5-1-6-16-30)46-44(48-45)31-17-7-2-8-18-31/h1-29H. The van der Waals surface area contributed by atoms with Crippen molar-refractivity contribution < 1.29 is 4.57 Å². The van der Waals surface area contributed by atoms with Gasteiger partial charge in [-0.15, -0.1) is 0 Å². The second kappa shape index (κ2) is 12.3. The number of rotatable bonds is 5. The van der Waals surface area contributed by atoms with Gasteiger partial charge in [0, 0.05) is 58.9 Å². The monoisotopic (exact) mass is 704 g/mol. The Morgan fingerprint density at radius 3 is 1.63 bits per heavy atom. The predicted molar refractivity (Wildman–Crippen MR) is 214 cm³/mol. The molecule has 0 saturated heterocycles. The van der Waals surface area contributed by atoms with Gasteiger partial charge in [0.2, 0.25) is 0 Å². The molecule has 246 valence electrons. The van der Waals surface area contributed by atoms with Crippen molar-refractivity contribution in [2.24, 2.45) is 0 Å². The maximum absolute atomic E-state index is 15.7. The van der Waals surface area contributed by atoms with E-state index >= 15 is 4.57 Å². The minimum absolute atomic E-state index is 0.590. The average molecular weight is 705 g/mol. The minimum Gasteiger partial charge on any atom is -0.309 e. The van der Waals surface area contributed by atoms with E-state index in [1.54, 1.807) is 11.8 Å². The highest BCUT2D eigenvalue weighted by Gasteiger charge is 2.38. The van der Waals surface area contributed by atoms with Gasteiger partial charge in [0.05, 0.1) is 11.0 Å². The fourth-order valence-electron chi connectivity index (χ4n) is 7.26. The Bertz CT molecular complexity index is 2780. The van der Waals surface area contributed by atoms with Crippen molar-refractivity contribution in [2.75, 3.05) is 0 Å². The number of benzene rings is 7. The molecule has 1 aliphatic heterocycles. The van der Waals surface area contributed by atoms with Crippen molar-refractivity contribution in [1.29, 1.82) is 0 Å². The summed E-state index contributed by atoms with van der Waals surface area (Å²) in [4.78, 5) is 17.0. The van der Waals surface area contributed by atoms with Crippen LogP contribution < -0.4 is 15.9 Å². The summed E-state index contributed by atoms with van der Waals surface area (Å²) >= 11 is 1.69. The Labute approximate surface area is 305 Å². The lowest BCUT2D eigenvalue weighted by molar-refractivity contribution is 0.592. The van der Waals surface area contributed by atoms with Crippen LogP contribution in [0, 0.1) is 0 Å². The number of hydrogen-bond acceptors (Lipinski definition) is 5. The molecule has 1 atom stereocenters. The molecule has 0 N–H and O–H groups in total. The first-order chi connectivity index (χ1) is 25.6. The fraction of sp³-hybridized carbons (Fsp3) is 0. The molecule has 0 amide bonds. The van der Waals surface area contributed by atoms with E-state index in [0.29, 0.717) is 17.5 Å². The predicted octanol–water partition coefficient (Wildman–Crippen LogP) is 10.1. The number of fused-ring (bicyclic) bond motifs is 5. The minimum atomic E-state index is -3.20. The van der Waals surface area contributed by atoms with Crippen molar-refractivity contribution >= 4 is 56.6 Å². The smallest absolute Gasteiger partial charge is 0.173 e. The molecule has 0 fully saturated rings. The third kappa shape index (κ3) is 4.95. The van der Waals surface area contributed by atoms with Crippen molar-refractivity contribution in [3.8, 4) is 39.9 Å². The van der Waals surface area contributed by atoms with Crippen LogP contribution in [-0.2, 0) is 4.57 Å². The topological polar surface area (TPSA) is 60.7 Å². The van der Waals surface area contributed by atoms with Gasteiger partial charge >= 0.3 is 0 Å². The number of para-hydroxylation sites is 1. The van der Waals surface area contributed by atoms with Gasteiger partial charge in [-0.05, 0) is 54.6 Å². The molecule has 7 heteroatoms. The van der Waals surface area contributed by atoms with Crippen LogP contribution in [0.4, 0.5) is 0 Å². The Kier molecular flexibility index (Phi) is 7.27. The lowest BCUT2D eigenvalue weighted by Gasteiger charge is -2.29. The van der Waals surface area contributed by atoms with Crippen LogP contribution in [-0.4, -0.2) is 19.5 Å². The zero-order chi connectivity index (χ0) is 34.6. The molecule has 7 aromatic carbocycles. The van der Waals surface area contributed by atoms with Gasteiger partial charge in [-0.1, -0.05) is 133 Å². The van der Waals surface area contributed by atoms with E-state index < -0.39 is 7.14 Å². The van der Waals surface area contributed by atoms with Gasteiger partial charge in [-0.3, -0.25) is 0 Å². The van der Waals surface area contributed by atoms with Crippen LogP contribution in [0.2, 0.25) is 0 Å². The molecule has 0 aliphatic carbocycles. The van der Waals surface area contributed by atoms with Gasteiger partial charge in [0.15, 0.2) is 24.6 Å². The van der Waals surface area contributed by atoms with Crippen molar-refractivity contribution in [3.05, 3.63) is 176 Å². The normalized spacial score (nSPS) is 15.0. The summed E-state index contributed by atoms with van der Waals surface area (Å²) in [5, 5.41) is 4.65. The molecule has 0 spiro atoms. The Hall–Kier alpha value is -6.07. The van der Waals surface area contributed by atoms with E-state index in [0.717, 1.165) is 69.9 Å². The molecule has 3 heterocycles. The van der Waals surface area contributed by atoms with Crippen molar-refractivity contribution in [2.45, 2.75) is 9.79 Å². The zero-order valence-corrected chi connectivity index (χ0v) is 29.5. The second-order valence-corrected chi connectivity index (χ2v) is 16.6. The highest BCUT2D eigenvalue weighted by Crippen LogP contribution is 2.53. The average Bonchev–Trinajstić information content (AvgIpc) is 3.54. The van der Waals surface area contributed by atoms with E-state index in [9.17, 15) is 0 Å². The number of nitrogens with zero attached hydrogens (tertiary/aromatic N) is 4. The van der Waals surface area contributed by atoms with E-state index in [1.165, 1.54) is 0 Å². The Balaban J connectivity index is 1.25. The summed E-state index contributed by atoms with van der Waals surface area (Å²) in [5.41, 5.74) is 5.87. The maximum atomic E-state index is 15.7. The van der Waals surface area contributed by atoms with Crippen LogP contribution in [0.5, 0.6) is 0 Å². The summed E-state index contributed by atoms with van der Waals surface area (Å²) in [6.07, 6.45) is 0. The first kappa shape index (κ1) is 30.7. The maximum Gasteiger partial charge on any atom is 0.173 e. The molecule has 2 aromatic heterocycles. The molecular formula is C45H29N4OPS. The van der Waals surface area contributed by atoms with E-state index in [-0.39, 0.29) is 0 Å². The fourth-order valence-corrected chi connectivity index (χ4v) is 12.0. The third-order valence-corrected chi connectivity index (χ3v) is 14.3. The quantitative estimate of drug-likeness (QED) is 0.167. The number of aromatic nitrogens is 4. The second-order valence-electron chi connectivity index (χ2n) is 12.8. The van der Waals surface area contributed by atoms with Crippen molar-refractivity contribution in [3.63, 3.8) is 0 Å². The molecule has 1 unspecified atom stereocenters. The van der Waals surface area contributed by atoms with Crippen LogP contribution in [0.15, 0.2) is 186 Å². The van der Waals surface area contributed by atoms with E-state index in [1.807, 2.05) is 115 Å². The first-order valence-electron chi connectivity index (χ1n) is 17.1. The molecule has 0 radical (unpaired) electrons. The van der Waals surface area contributed by atoms with Gasteiger partial charge in [-0.2, -0.15) is 0 Å². The summed E-state index contributed by atoms with van der Waals surface area (Å²) < 4.78 is 18.0. The highest BCUT2D eigenvalue weighted by atomic mass is 32.2. The third-order valence-electron chi connectivity index (χ3n) is 9.70. The summed E-state index contributed by atoms with van der Waals surface area (Å²) in [6, 6.07) is 59.4. The SMILES string of the molecule is O=P1(c2ccccc2)c2ccccc2Sc2cc3c(cc21)c1cc(-c2nc(-c4ccccc4)nc(-c4ccccc4)n2)ccc1n3-c1ccccc1. The molecular weight excluding hydrogens is 676 g/mol. The summed E-state index contributed by atoms with van der Waals surface area (Å²) in [7, 11) is -3.20. The van der Waals surface area contributed by atoms with Gasteiger partial charge < -0.3 is 9.13 Å². The molecule has 0 saturated carbocycles. The summed E-state index contributed by atoms with van der Waals surface area (Å²) in [5.74, 6) is 1.82. The molecule has 52 heavy (non-hydrogen) atoms. The van der Waals surface area contributed by atoms with Crippen LogP contribution in [0.25, 0.3) is 61.7 Å². The molecule has 1 aliphatic rings. The van der Waals surface area contributed by atoms with Gasteiger partial charge in [0.25, 0.3) is 0 Å². The Morgan fingerprint density at radius 1 is 0.442 bits per heavy atom. The molecule has 9 aromatic rings. The molecule has 10 rings (SSSR count). The summed E-state index contributed by atoms with van der Waals surface area (Å²) in [6.45, 7) is 0. The lowest BCUT2D eigenvalue weighted by atomic mass is 10.1. The largest absolute Gasteiger partial charge is 0.309 e. The Morgan fingerprint density at radius 2 is 0.981 bits per heavy atom. The van der Waals surface area contributed by atoms with Gasteiger partial charge in [0.1, 0.15) is 0 Å². The van der Waals surface area contributed by atoms with Crippen molar-refractivity contribution in [1.82, 2.24) is 19.5 Å². The van der Waals surface area contributed by atoms with Gasteiger partial charge in [-0.25, -0.2) is 15.0 Å². The van der Waals surface area contributed by atoms with Crippen LogP contribution in [0.1, 0.15) is 0 Å². The first-order valence-corrected chi connectivity index (χ1v) is 19.7. The van der Waals surface area contributed by atoms with E-state index in [2.05, 4.69) is 65.2 Å². The lowest BCUT2D eigenvalue weighted by Crippen LogP contribution is -2.30.